The Labute approximate surface area is 117 Å². The van der Waals surface area contributed by atoms with Gasteiger partial charge in [-0.3, -0.25) is 0 Å². The van der Waals surface area contributed by atoms with E-state index in [1.165, 1.54) is 29.5 Å². The van der Waals surface area contributed by atoms with Crippen molar-refractivity contribution in [3.63, 3.8) is 0 Å². The van der Waals surface area contributed by atoms with Crippen molar-refractivity contribution in [1.29, 1.82) is 0 Å². The summed E-state index contributed by atoms with van der Waals surface area (Å²) < 4.78 is 1.17. The van der Waals surface area contributed by atoms with Crippen LogP contribution in [0.15, 0.2) is 11.7 Å². The topological polar surface area (TPSA) is 63.8 Å². The fourth-order valence-corrected chi connectivity index (χ4v) is 3.82. The van der Waals surface area contributed by atoms with Crippen molar-refractivity contribution in [3.05, 3.63) is 17.3 Å². The zero-order valence-electron chi connectivity index (χ0n) is 11.2. The zero-order chi connectivity index (χ0) is 13.2. The lowest BCUT2D eigenvalue weighted by atomic mass is 9.86. The molecule has 0 amide bonds. The van der Waals surface area contributed by atoms with E-state index in [1.807, 2.05) is 0 Å². The highest BCUT2D eigenvalue weighted by atomic mass is 32.1. The van der Waals surface area contributed by atoms with E-state index >= 15 is 0 Å². The molecular formula is C14H20N4S. The van der Waals surface area contributed by atoms with Gasteiger partial charge < -0.3 is 11.1 Å². The summed E-state index contributed by atoms with van der Waals surface area (Å²) in [6, 6.07) is 0.384. The molecule has 2 heterocycles. The fourth-order valence-electron chi connectivity index (χ4n) is 2.85. The molecule has 0 aliphatic heterocycles. The highest BCUT2D eigenvalue weighted by Gasteiger charge is 2.19. The van der Waals surface area contributed by atoms with Crippen LogP contribution in [0.25, 0.3) is 10.2 Å². The van der Waals surface area contributed by atoms with Gasteiger partial charge in [0.1, 0.15) is 12.1 Å². The predicted octanol–water partition coefficient (Wildman–Crippen LogP) is 2.93. The summed E-state index contributed by atoms with van der Waals surface area (Å²) in [6.07, 6.45) is 6.49. The number of rotatable bonds is 3. The first-order chi connectivity index (χ1) is 9.24. The third-order valence-corrected chi connectivity index (χ3v) is 5.01. The second-order valence-electron chi connectivity index (χ2n) is 5.49. The molecule has 0 radical (unpaired) electrons. The SMILES string of the molecule is Cc1csc2c(NCC3CCCC(N)C3)ncnc12. The van der Waals surface area contributed by atoms with Crippen LogP contribution in [0.2, 0.25) is 0 Å². The molecule has 0 spiro atoms. The van der Waals surface area contributed by atoms with Gasteiger partial charge in [-0.1, -0.05) is 6.42 Å². The molecule has 1 saturated carbocycles. The summed E-state index contributed by atoms with van der Waals surface area (Å²) in [5.41, 5.74) is 8.34. The van der Waals surface area contributed by atoms with Crippen molar-refractivity contribution in [2.45, 2.75) is 38.6 Å². The maximum Gasteiger partial charge on any atom is 0.147 e. The molecule has 0 aromatic carbocycles. The molecule has 0 saturated heterocycles. The monoisotopic (exact) mass is 276 g/mol. The van der Waals surface area contributed by atoms with Crippen molar-refractivity contribution < 1.29 is 0 Å². The zero-order valence-corrected chi connectivity index (χ0v) is 12.0. The molecule has 4 nitrogen and oxygen atoms in total. The molecule has 1 fully saturated rings. The minimum absolute atomic E-state index is 0.384. The predicted molar refractivity (Wildman–Crippen MR) is 80.6 cm³/mol. The summed E-state index contributed by atoms with van der Waals surface area (Å²) >= 11 is 1.72. The van der Waals surface area contributed by atoms with Gasteiger partial charge in [-0.25, -0.2) is 9.97 Å². The van der Waals surface area contributed by atoms with E-state index in [-0.39, 0.29) is 0 Å². The lowest BCUT2D eigenvalue weighted by Crippen LogP contribution is -2.31. The van der Waals surface area contributed by atoms with Gasteiger partial charge in [-0.2, -0.15) is 0 Å². The summed E-state index contributed by atoms with van der Waals surface area (Å²) in [5.74, 6) is 1.65. The minimum atomic E-state index is 0.384. The van der Waals surface area contributed by atoms with E-state index in [0.717, 1.165) is 24.3 Å². The van der Waals surface area contributed by atoms with Gasteiger partial charge in [0.15, 0.2) is 0 Å². The van der Waals surface area contributed by atoms with Crippen molar-refractivity contribution in [2.75, 3.05) is 11.9 Å². The summed E-state index contributed by atoms with van der Waals surface area (Å²) in [6.45, 7) is 3.06. The van der Waals surface area contributed by atoms with Crippen molar-refractivity contribution in [2.24, 2.45) is 11.7 Å². The Morgan fingerprint density at radius 2 is 2.32 bits per heavy atom. The Morgan fingerprint density at radius 3 is 3.16 bits per heavy atom. The average molecular weight is 276 g/mol. The number of fused-ring (bicyclic) bond motifs is 1. The molecule has 3 rings (SSSR count). The van der Waals surface area contributed by atoms with E-state index in [4.69, 9.17) is 5.73 Å². The van der Waals surface area contributed by atoms with Crippen molar-refractivity contribution in [3.8, 4) is 0 Å². The number of nitrogens with zero attached hydrogens (tertiary/aromatic N) is 2. The highest BCUT2D eigenvalue weighted by molar-refractivity contribution is 7.18. The maximum absolute atomic E-state index is 6.04. The Balaban J connectivity index is 1.71. The second-order valence-corrected chi connectivity index (χ2v) is 6.37. The number of hydrogen-bond donors (Lipinski definition) is 2. The van der Waals surface area contributed by atoms with Gasteiger partial charge in [0.05, 0.1) is 10.2 Å². The minimum Gasteiger partial charge on any atom is -0.369 e. The first-order valence-corrected chi connectivity index (χ1v) is 7.80. The number of nitrogens with two attached hydrogens (primary N) is 1. The number of aryl methyl sites for hydroxylation is 1. The van der Waals surface area contributed by atoms with E-state index in [2.05, 4.69) is 27.6 Å². The quantitative estimate of drug-likeness (QED) is 0.904. The molecule has 1 aliphatic rings. The number of hydrogen-bond acceptors (Lipinski definition) is 5. The average Bonchev–Trinajstić information content (AvgIpc) is 2.79. The lowest BCUT2D eigenvalue weighted by molar-refractivity contribution is 0.335. The van der Waals surface area contributed by atoms with Gasteiger partial charge >= 0.3 is 0 Å². The van der Waals surface area contributed by atoms with Crippen LogP contribution in [0.4, 0.5) is 5.82 Å². The van der Waals surface area contributed by atoms with Crippen LogP contribution in [0.5, 0.6) is 0 Å². The number of thiophene rings is 1. The van der Waals surface area contributed by atoms with Crippen LogP contribution in [0.1, 0.15) is 31.2 Å². The van der Waals surface area contributed by atoms with Crippen LogP contribution in [0, 0.1) is 12.8 Å². The third kappa shape index (κ3) is 2.72. The van der Waals surface area contributed by atoms with Gasteiger partial charge in [-0.15, -0.1) is 11.3 Å². The summed E-state index contributed by atoms with van der Waals surface area (Å²) in [7, 11) is 0. The Kier molecular flexibility index (Phi) is 3.66. The van der Waals surface area contributed by atoms with Gasteiger partial charge in [-0.05, 0) is 43.0 Å². The van der Waals surface area contributed by atoms with Crippen LogP contribution < -0.4 is 11.1 Å². The lowest BCUT2D eigenvalue weighted by Gasteiger charge is -2.26. The van der Waals surface area contributed by atoms with Crippen LogP contribution >= 0.6 is 11.3 Å². The molecule has 2 unspecified atom stereocenters. The van der Waals surface area contributed by atoms with E-state index < -0.39 is 0 Å². The second kappa shape index (κ2) is 5.43. The molecule has 1 aliphatic carbocycles. The standard InChI is InChI=1S/C14H20N4S/c1-9-7-19-13-12(9)17-8-18-14(13)16-6-10-3-2-4-11(15)5-10/h7-8,10-11H,2-6,15H2,1H3,(H,16,17,18). The molecular weight excluding hydrogens is 256 g/mol. The van der Waals surface area contributed by atoms with Gasteiger partial charge in [0, 0.05) is 12.6 Å². The fraction of sp³-hybridized carbons (Fsp3) is 0.571. The summed E-state index contributed by atoms with van der Waals surface area (Å²) in [5, 5.41) is 5.63. The largest absolute Gasteiger partial charge is 0.369 e. The molecule has 2 aromatic heterocycles. The molecule has 5 heteroatoms. The maximum atomic E-state index is 6.04. The summed E-state index contributed by atoms with van der Waals surface area (Å²) in [4.78, 5) is 8.73. The van der Waals surface area contributed by atoms with Crippen LogP contribution in [0.3, 0.4) is 0 Å². The molecule has 0 bridgehead atoms. The molecule has 19 heavy (non-hydrogen) atoms. The Morgan fingerprint density at radius 1 is 1.42 bits per heavy atom. The van der Waals surface area contributed by atoms with Gasteiger partial charge in [0.25, 0.3) is 0 Å². The van der Waals surface area contributed by atoms with Crippen molar-refractivity contribution in [1.82, 2.24) is 9.97 Å². The normalized spacial score (nSPS) is 23.7. The molecule has 2 aromatic rings. The third-order valence-electron chi connectivity index (χ3n) is 3.91. The van der Waals surface area contributed by atoms with E-state index in [9.17, 15) is 0 Å². The molecule has 2 atom stereocenters. The van der Waals surface area contributed by atoms with Crippen LogP contribution in [-0.4, -0.2) is 22.6 Å². The van der Waals surface area contributed by atoms with Crippen LogP contribution in [-0.2, 0) is 0 Å². The number of aromatic nitrogens is 2. The first-order valence-electron chi connectivity index (χ1n) is 6.92. The molecule has 102 valence electrons. The highest BCUT2D eigenvalue weighted by Crippen LogP contribution is 2.29. The van der Waals surface area contributed by atoms with Gasteiger partial charge in [0.2, 0.25) is 0 Å². The number of anilines is 1. The Hall–Kier alpha value is -1.20. The van der Waals surface area contributed by atoms with Crippen molar-refractivity contribution >= 4 is 27.4 Å². The molecule has 3 N–H and O–H groups in total. The van der Waals surface area contributed by atoms with E-state index in [0.29, 0.717) is 12.0 Å². The smallest absolute Gasteiger partial charge is 0.147 e. The first kappa shape index (κ1) is 12.8. The Bertz CT molecular complexity index is 566. The number of nitrogens with one attached hydrogen (secondary N) is 1. The van der Waals surface area contributed by atoms with E-state index in [1.54, 1.807) is 17.7 Å².